The first-order chi connectivity index (χ1) is 8.70. The van der Waals surface area contributed by atoms with E-state index >= 15 is 0 Å². The Hall–Kier alpha value is -0.710. The number of nitrogens with one attached hydrogen (secondary N) is 1. The minimum absolute atomic E-state index is 0.361. The summed E-state index contributed by atoms with van der Waals surface area (Å²) >= 11 is 5.30. The molecular weight excluding hydrogens is 308 g/mol. The lowest BCUT2D eigenvalue weighted by molar-refractivity contribution is 0.460. The molecule has 0 spiro atoms. The smallest absolute Gasteiger partial charge is 0.0701 e. The molecule has 2 atom stereocenters. The van der Waals surface area contributed by atoms with Crippen molar-refractivity contribution >= 4 is 27.3 Å². The molecule has 0 unspecified atom stereocenters. The molecule has 0 aliphatic carbocycles. The molecule has 2 rings (SSSR count). The molecule has 0 aliphatic rings. The molecule has 2 aromatic heterocycles. The van der Waals surface area contributed by atoms with E-state index in [1.54, 1.807) is 11.3 Å². The van der Waals surface area contributed by atoms with Crippen molar-refractivity contribution in [1.29, 1.82) is 0 Å². The quantitative estimate of drug-likeness (QED) is 0.861. The number of aromatic nitrogens is 1. The van der Waals surface area contributed by atoms with Gasteiger partial charge in [-0.1, -0.05) is 6.92 Å². The maximum absolute atomic E-state index is 4.07. The molecule has 0 aromatic carbocycles. The van der Waals surface area contributed by atoms with E-state index in [1.165, 1.54) is 14.2 Å². The molecule has 0 bridgehead atoms. The Morgan fingerprint density at radius 3 is 2.56 bits per heavy atom. The fourth-order valence-electron chi connectivity index (χ4n) is 1.99. The van der Waals surface area contributed by atoms with Gasteiger partial charge in [0, 0.05) is 29.4 Å². The van der Waals surface area contributed by atoms with Crippen LogP contribution in [0.5, 0.6) is 0 Å². The number of hydrogen-bond donors (Lipinski definition) is 1. The number of pyridine rings is 1. The molecule has 0 saturated carbocycles. The summed E-state index contributed by atoms with van der Waals surface area (Å²) in [5.41, 5.74) is 1.30. The second kappa shape index (κ2) is 6.45. The summed E-state index contributed by atoms with van der Waals surface area (Å²) in [6.45, 7) is 4.41. The molecular formula is C14H17BrN2S. The van der Waals surface area contributed by atoms with Crippen LogP contribution in [0.15, 0.2) is 40.4 Å². The van der Waals surface area contributed by atoms with Crippen LogP contribution in [0.4, 0.5) is 0 Å². The normalized spacial score (nSPS) is 14.4. The highest BCUT2D eigenvalue weighted by Gasteiger charge is 2.14. The monoisotopic (exact) mass is 324 g/mol. The molecule has 0 aliphatic heterocycles. The predicted octanol–water partition coefficient (Wildman–Crippen LogP) is 4.71. The van der Waals surface area contributed by atoms with E-state index in [2.05, 4.69) is 64.3 Å². The van der Waals surface area contributed by atoms with E-state index in [0.29, 0.717) is 12.1 Å². The second-order valence-electron chi connectivity index (χ2n) is 4.27. The molecule has 4 heteroatoms. The lowest BCUT2D eigenvalue weighted by atomic mass is 10.0. The Bertz CT molecular complexity index is 484. The van der Waals surface area contributed by atoms with Crippen LogP contribution in [0.1, 0.15) is 42.8 Å². The highest BCUT2D eigenvalue weighted by Crippen LogP contribution is 2.29. The van der Waals surface area contributed by atoms with Crippen molar-refractivity contribution in [3.05, 3.63) is 50.9 Å². The zero-order chi connectivity index (χ0) is 13.0. The molecule has 0 amide bonds. The zero-order valence-corrected chi connectivity index (χ0v) is 13.0. The van der Waals surface area contributed by atoms with Gasteiger partial charge in [-0.2, -0.15) is 0 Å². The Morgan fingerprint density at radius 1 is 1.28 bits per heavy atom. The fourth-order valence-corrected chi connectivity index (χ4v) is 3.43. The zero-order valence-electron chi connectivity index (χ0n) is 10.6. The van der Waals surface area contributed by atoms with Crippen molar-refractivity contribution in [2.75, 3.05) is 0 Å². The first-order valence-corrected chi connectivity index (χ1v) is 7.73. The average molecular weight is 325 g/mol. The molecule has 18 heavy (non-hydrogen) atoms. The average Bonchev–Trinajstić information content (AvgIpc) is 2.83. The predicted molar refractivity (Wildman–Crippen MR) is 80.8 cm³/mol. The molecule has 2 aromatic rings. The van der Waals surface area contributed by atoms with Gasteiger partial charge in [0.2, 0.25) is 0 Å². The lowest BCUT2D eigenvalue weighted by Gasteiger charge is -2.21. The Balaban J connectivity index is 2.07. The molecule has 0 radical (unpaired) electrons. The number of rotatable bonds is 5. The lowest BCUT2D eigenvalue weighted by Crippen LogP contribution is -2.23. The van der Waals surface area contributed by atoms with Crippen LogP contribution in [-0.2, 0) is 0 Å². The van der Waals surface area contributed by atoms with Gasteiger partial charge in [-0.25, -0.2) is 0 Å². The van der Waals surface area contributed by atoms with Gasteiger partial charge in [-0.15, -0.1) is 11.3 Å². The van der Waals surface area contributed by atoms with Crippen molar-refractivity contribution in [3.63, 3.8) is 0 Å². The highest BCUT2D eigenvalue weighted by molar-refractivity contribution is 9.11. The number of nitrogens with zero attached hydrogens (tertiary/aromatic N) is 1. The van der Waals surface area contributed by atoms with E-state index in [9.17, 15) is 0 Å². The summed E-state index contributed by atoms with van der Waals surface area (Å²) in [6.07, 6.45) is 4.78. The third-order valence-electron chi connectivity index (χ3n) is 2.99. The van der Waals surface area contributed by atoms with Crippen LogP contribution >= 0.6 is 27.3 Å². The van der Waals surface area contributed by atoms with Gasteiger partial charge < -0.3 is 5.32 Å². The number of thiophene rings is 1. The first-order valence-electron chi connectivity index (χ1n) is 6.12. The maximum atomic E-state index is 4.07. The van der Waals surface area contributed by atoms with Gasteiger partial charge in [-0.05, 0) is 59.1 Å². The first kappa shape index (κ1) is 13.7. The standard InChI is InChI=1S/C14H17BrN2S/c1-3-12(11-6-8-16-9-7-11)17-10(2)13-4-5-14(15)18-13/h4-10,12,17H,3H2,1-2H3/t10-,12+/m1/s1. The van der Waals surface area contributed by atoms with Gasteiger partial charge in [-0.3, -0.25) is 4.98 Å². The topological polar surface area (TPSA) is 24.9 Å². The second-order valence-corrected chi connectivity index (χ2v) is 6.77. The summed E-state index contributed by atoms with van der Waals surface area (Å²) in [7, 11) is 0. The van der Waals surface area contributed by atoms with E-state index < -0.39 is 0 Å². The van der Waals surface area contributed by atoms with Crippen molar-refractivity contribution in [1.82, 2.24) is 10.3 Å². The Kier molecular flexibility index (Phi) is 4.92. The van der Waals surface area contributed by atoms with Crippen LogP contribution in [0.2, 0.25) is 0 Å². The summed E-state index contributed by atoms with van der Waals surface area (Å²) in [6, 6.07) is 9.18. The highest BCUT2D eigenvalue weighted by atomic mass is 79.9. The third-order valence-corrected chi connectivity index (χ3v) is 4.80. The van der Waals surface area contributed by atoms with Crippen LogP contribution in [0.3, 0.4) is 0 Å². The van der Waals surface area contributed by atoms with E-state index in [4.69, 9.17) is 0 Å². The van der Waals surface area contributed by atoms with Crippen molar-refractivity contribution in [3.8, 4) is 0 Å². The minimum Gasteiger partial charge on any atom is -0.303 e. The van der Waals surface area contributed by atoms with E-state index in [1.807, 2.05) is 12.4 Å². The SMILES string of the molecule is CC[C@H](N[C@H](C)c1ccc(Br)s1)c1ccncc1. The van der Waals surface area contributed by atoms with Crippen molar-refractivity contribution in [2.45, 2.75) is 32.4 Å². The van der Waals surface area contributed by atoms with Crippen LogP contribution in [0.25, 0.3) is 0 Å². The van der Waals surface area contributed by atoms with Gasteiger partial charge in [0.15, 0.2) is 0 Å². The van der Waals surface area contributed by atoms with Gasteiger partial charge in [0.25, 0.3) is 0 Å². The van der Waals surface area contributed by atoms with Crippen LogP contribution in [0, 0.1) is 0 Å². The van der Waals surface area contributed by atoms with Gasteiger partial charge in [0.05, 0.1) is 3.79 Å². The molecule has 2 heterocycles. The summed E-state index contributed by atoms with van der Waals surface area (Å²) < 4.78 is 1.18. The molecule has 1 N–H and O–H groups in total. The largest absolute Gasteiger partial charge is 0.303 e. The van der Waals surface area contributed by atoms with Gasteiger partial charge >= 0.3 is 0 Å². The molecule has 0 saturated heterocycles. The minimum atomic E-state index is 0.361. The van der Waals surface area contributed by atoms with Crippen LogP contribution < -0.4 is 5.32 Å². The van der Waals surface area contributed by atoms with Crippen molar-refractivity contribution in [2.24, 2.45) is 0 Å². The fraction of sp³-hybridized carbons (Fsp3) is 0.357. The molecule has 2 nitrogen and oxygen atoms in total. The Labute approximate surface area is 121 Å². The van der Waals surface area contributed by atoms with E-state index in [0.717, 1.165) is 6.42 Å². The third kappa shape index (κ3) is 3.40. The number of hydrogen-bond acceptors (Lipinski definition) is 3. The van der Waals surface area contributed by atoms with Crippen LogP contribution in [-0.4, -0.2) is 4.98 Å². The molecule has 96 valence electrons. The maximum Gasteiger partial charge on any atom is 0.0701 e. The van der Waals surface area contributed by atoms with Crippen molar-refractivity contribution < 1.29 is 0 Å². The Morgan fingerprint density at radius 2 is 2.00 bits per heavy atom. The van der Waals surface area contributed by atoms with E-state index in [-0.39, 0.29) is 0 Å². The summed E-state index contributed by atoms with van der Waals surface area (Å²) in [5.74, 6) is 0. The molecule has 0 fully saturated rings. The summed E-state index contributed by atoms with van der Waals surface area (Å²) in [4.78, 5) is 5.43. The summed E-state index contributed by atoms with van der Waals surface area (Å²) in [5, 5.41) is 3.67. The van der Waals surface area contributed by atoms with Gasteiger partial charge in [0.1, 0.15) is 0 Å². The number of halogens is 1.